The number of aromatic amines is 1. The van der Waals surface area contributed by atoms with Crippen molar-refractivity contribution in [3.8, 4) is 22.4 Å². The molecule has 0 unspecified atom stereocenters. The summed E-state index contributed by atoms with van der Waals surface area (Å²) in [5.74, 6) is 1.02. The highest BCUT2D eigenvalue weighted by Crippen LogP contribution is 2.33. The zero-order chi connectivity index (χ0) is 25.7. The van der Waals surface area contributed by atoms with Gasteiger partial charge in [0.1, 0.15) is 5.82 Å². The van der Waals surface area contributed by atoms with E-state index in [-0.39, 0.29) is 6.61 Å². The van der Waals surface area contributed by atoms with E-state index < -0.39 is 0 Å². The Labute approximate surface area is 215 Å². The predicted octanol–water partition coefficient (Wildman–Crippen LogP) is 5.75. The lowest BCUT2D eigenvalue weighted by atomic mass is 10.0. The van der Waals surface area contributed by atoms with E-state index in [4.69, 9.17) is 10.1 Å². The highest BCUT2D eigenvalue weighted by molar-refractivity contribution is 5.93. The summed E-state index contributed by atoms with van der Waals surface area (Å²) in [7, 11) is 0. The minimum Gasteiger partial charge on any atom is -0.395 e. The number of benzene rings is 1. The Balaban J connectivity index is 0.000000967. The number of rotatable bonds is 5. The molecule has 0 amide bonds. The molecular weight excluding hydrogens is 446 g/mol. The molecule has 1 aliphatic heterocycles. The Bertz CT molecular complexity index is 1270. The molecule has 0 atom stereocenters. The second-order valence-electron chi connectivity index (χ2n) is 9.69. The molecule has 6 heteroatoms. The number of hydrogen-bond donors (Lipinski definition) is 2. The van der Waals surface area contributed by atoms with Crippen LogP contribution in [0.4, 0.5) is 5.82 Å². The van der Waals surface area contributed by atoms with Crippen LogP contribution < -0.4 is 4.90 Å². The molecule has 1 aliphatic rings. The van der Waals surface area contributed by atoms with E-state index in [1.807, 2.05) is 20.0 Å². The Kier molecular flexibility index (Phi) is 8.39. The molecule has 0 bridgehead atoms. The van der Waals surface area contributed by atoms with Crippen LogP contribution in [0.1, 0.15) is 37.2 Å². The SMILES string of the molecule is CCC.Cc1cc(-c2[nH]c3cc(-c4ccc(N5CCN(CCO)CC5)nc4)ccc3c2C)cc(C)n1. The van der Waals surface area contributed by atoms with Crippen molar-refractivity contribution in [3.63, 3.8) is 0 Å². The number of aliphatic hydroxyl groups excluding tert-OH is 1. The molecule has 0 radical (unpaired) electrons. The van der Waals surface area contributed by atoms with Crippen LogP contribution in [0.3, 0.4) is 0 Å². The summed E-state index contributed by atoms with van der Waals surface area (Å²) in [6, 6.07) is 15.2. The standard InChI is InChI=1S/C27H31N5O.C3H8/c1-18-14-23(15-19(2)29-18)27-20(3)24-6-4-21(16-25(24)30-27)22-5-7-26(28-17-22)32-10-8-31(9-11-32)12-13-33;1-3-2/h4-7,14-17,30,33H,8-13H2,1-3H3;3H2,1-2H3. The number of hydrogen-bond acceptors (Lipinski definition) is 5. The predicted molar refractivity (Wildman–Crippen MR) is 151 cm³/mol. The van der Waals surface area contributed by atoms with Gasteiger partial charge in [0.15, 0.2) is 0 Å². The average molecular weight is 486 g/mol. The van der Waals surface area contributed by atoms with Gasteiger partial charge in [-0.15, -0.1) is 0 Å². The molecule has 0 saturated carbocycles. The number of β-amino-alcohol motifs (C(OH)–C–C–N with tert-alkyl or cyclic N) is 1. The van der Waals surface area contributed by atoms with Gasteiger partial charge in [-0.25, -0.2) is 4.98 Å². The Morgan fingerprint density at radius 1 is 0.861 bits per heavy atom. The minimum atomic E-state index is 0.223. The van der Waals surface area contributed by atoms with Crippen LogP contribution >= 0.6 is 0 Å². The third-order valence-electron chi connectivity index (χ3n) is 6.62. The largest absolute Gasteiger partial charge is 0.395 e. The van der Waals surface area contributed by atoms with Crippen molar-refractivity contribution in [2.24, 2.45) is 0 Å². The molecule has 6 nitrogen and oxygen atoms in total. The fraction of sp³-hybridized carbons (Fsp3) is 0.400. The highest BCUT2D eigenvalue weighted by atomic mass is 16.3. The van der Waals surface area contributed by atoms with Crippen LogP contribution in [0.15, 0.2) is 48.7 Å². The van der Waals surface area contributed by atoms with E-state index in [9.17, 15) is 0 Å². The van der Waals surface area contributed by atoms with E-state index in [0.29, 0.717) is 0 Å². The molecule has 36 heavy (non-hydrogen) atoms. The first-order valence-corrected chi connectivity index (χ1v) is 13.1. The summed E-state index contributed by atoms with van der Waals surface area (Å²) in [5, 5.41) is 10.4. The van der Waals surface area contributed by atoms with Gasteiger partial charge in [0.2, 0.25) is 0 Å². The zero-order valence-electron chi connectivity index (χ0n) is 22.3. The van der Waals surface area contributed by atoms with Crippen molar-refractivity contribution in [2.75, 3.05) is 44.2 Å². The van der Waals surface area contributed by atoms with Crippen molar-refractivity contribution in [1.82, 2.24) is 19.9 Å². The molecular formula is C30H39N5O. The molecule has 1 saturated heterocycles. The summed E-state index contributed by atoms with van der Waals surface area (Å²) in [5.41, 5.74) is 9.07. The van der Waals surface area contributed by atoms with Crippen LogP contribution in [-0.2, 0) is 0 Å². The van der Waals surface area contributed by atoms with Gasteiger partial charge in [0.05, 0.1) is 6.61 Å². The van der Waals surface area contributed by atoms with E-state index in [1.54, 1.807) is 0 Å². The average Bonchev–Trinajstić information content (AvgIpc) is 3.20. The summed E-state index contributed by atoms with van der Waals surface area (Å²) in [4.78, 5) is 17.5. The van der Waals surface area contributed by atoms with Crippen molar-refractivity contribution < 1.29 is 5.11 Å². The van der Waals surface area contributed by atoms with Crippen molar-refractivity contribution in [1.29, 1.82) is 0 Å². The third kappa shape index (κ3) is 5.77. The fourth-order valence-corrected chi connectivity index (χ4v) is 4.87. The number of piperazine rings is 1. The summed E-state index contributed by atoms with van der Waals surface area (Å²) < 4.78 is 0. The van der Waals surface area contributed by atoms with E-state index in [2.05, 4.69) is 83.0 Å². The first kappa shape index (κ1) is 25.9. The number of fused-ring (bicyclic) bond motifs is 1. The monoisotopic (exact) mass is 485 g/mol. The number of pyridine rings is 2. The Morgan fingerprint density at radius 3 is 2.14 bits per heavy atom. The summed E-state index contributed by atoms with van der Waals surface area (Å²) in [6.07, 6.45) is 3.23. The van der Waals surface area contributed by atoms with Gasteiger partial charge in [0.25, 0.3) is 0 Å². The van der Waals surface area contributed by atoms with Crippen molar-refractivity contribution in [2.45, 2.75) is 41.0 Å². The molecule has 3 aromatic heterocycles. The van der Waals surface area contributed by atoms with Gasteiger partial charge in [0, 0.05) is 78.0 Å². The summed E-state index contributed by atoms with van der Waals surface area (Å²) in [6.45, 7) is 15.3. The number of H-pyrrole nitrogens is 1. The molecule has 0 aliphatic carbocycles. The zero-order valence-corrected chi connectivity index (χ0v) is 22.3. The maximum atomic E-state index is 9.13. The van der Waals surface area contributed by atoms with E-state index >= 15 is 0 Å². The number of aryl methyl sites for hydroxylation is 3. The van der Waals surface area contributed by atoms with Gasteiger partial charge in [-0.05, 0) is 62.2 Å². The molecule has 4 aromatic rings. The first-order valence-electron chi connectivity index (χ1n) is 13.1. The van der Waals surface area contributed by atoms with Gasteiger partial charge in [-0.1, -0.05) is 32.4 Å². The lowest BCUT2D eigenvalue weighted by Crippen LogP contribution is -2.47. The molecule has 1 aromatic carbocycles. The molecule has 190 valence electrons. The molecule has 5 rings (SSSR count). The maximum Gasteiger partial charge on any atom is 0.128 e. The first-order chi connectivity index (χ1) is 17.4. The number of aromatic nitrogens is 3. The van der Waals surface area contributed by atoms with Crippen LogP contribution in [-0.4, -0.2) is 64.3 Å². The molecule has 0 spiro atoms. The lowest BCUT2D eigenvalue weighted by Gasteiger charge is -2.35. The number of anilines is 1. The number of aliphatic hydroxyl groups is 1. The van der Waals surface area contributed by atoms with E-state index in [0.717, 1.165) is 72.3 Å². The van der Waals surface area contributed by atoms with E-state index in [1.165, 1.54) is 22.9 Å². The van der Waals surface area contributed by atoms with Crippen LogP contribution in [0.5, 0.6) is 0 Å². The molecule has 1 fully saturated rings. The van der Waals surface area contributed by atoms with Crippen LogP contribution in [0, 0.1) is 20.8 Å². The fourth-order valence-electron chi connectivity index (χ4n) is 4.87. The van der Waals surface area contributed by atoms with Gasteiger partial charge in [-0.3, -0.25) is 9.88 Å². The number of nitrogens with one attached hydrogen (secondary N) is 1. The van der Waals surface area contributed by atoms with Gasteiger partial charge in [-0.2, -0.15) is 0 Å². The number of nitrogens with zero attached hydrogens (tertiary/aromatic N) is 4. The Hall–Kier alpha value is -3.22. The minimum absolute atomic E-state index is 0.223. The second kappa shape index (κ2) is 11.7. The lowest BCUT2D eigenvalue weighted by molar-refractivity contribution is 0.188. The van der Waals surface area contributed by atoms with Crippen LogP contribution in [0.2, 0.25) is 0 Å². The molecule has 2 N–H and O–H groups in total. The van der Waals surface area contributed by atoms with Crippen LogP contribution in [0.25, 0.3) is 33.3 Å². The van der Waals surface area contributed by atoms with Gasteiger partial charge < -0.3 is 15.0 Å². The van der Waals surface area contributed by atoms with Crippen molar-refractivity contribution >= 4 is 16.7 Å². The summed E-state index contributed by atoms with van der Waals surface area (Å²) >= 11 is 0. The highest BCUT2D eigenvalue weighted by Gasteiger charge is 2.18. The topological polar surface area (TPSA) is 68.3 Å². The quantitative estimate of drug-likeness (QED) is 0.377. The normalized spacial score (nSPS) is 14.1. The third-order valence-corrected chi connectivity index (χ3v) is 6.62. The maximum absolute atomic E-state index is 9.13. The Morgan fingerprint density at radius 2 is 1.53 bits per heavy atom. The molecule has 4 heterocycles. The smallest absolute Gasteiger partial charge is 0.128 e. The van der Waals surface area contributed by atoms with Crippen molar-refractivity contribution in [3.05, 3.63) is 65.6 Å². The second-order valence-corrected chi connectivity index (χ2v) is 9.69. The van der Waals surface area contributed by atoms with Gasteiger partial charge >= 0.3 is 0 Å².